The molecule has 5 nitrogen and oxygen atoms in total. The van der Waals surface area contributed by atoms with Gasteiger partial charge in [0.1, 0.15) is 18.2 Å². The van der Waals surface area contributed by atoms with Crippen LogP contribution in [0.25, 0.3) is 32.1 Å². The van der Waals surface area contributed by atoms with Gasteiger partial charge in [0.05, 0.1) is 10.9 Å². The van der Waals surface area contributed by atoms with E-state index in [4.69, 9.17) is 0 Å². The lowest BCUT2D eigenvalue weighted by atomic mass is 9.99. The third-order valence-corrected chi connectivity index (χ3v) is 6.11. The first-order chi connectivity index (χ1) is 13.2. The predicted molar refractivity (Wildman–Crippen MR) is 108 cm³/mol. The largest absolute Gasteiger partial charge is 0.480 e. The van der Waals surface area contributed by atoms with Gasteiger partial charge in [0.15, 0.2) is 0 Å². The molecule has 0 aliphatic carbocycles. The van der Waals surface area contributed by atoms with Gasteiger partial charge >= 0.3 is 5.97 Å². The van der Waals surface area contributed by atoms with Gasteiger partial charge in [-0.05, 0) is 59.0 Å². The molecular weight excluding hydrogens is 358 g/mol. The van der Waals surface area contributed by atoms with Crippen molar-refractivity contribution in [2.75, 3.05) is 11.4 Å². The smallest absolute Gasteiger partial charge is 0.326 e. The van der Waals surface area contributed by atoms with Crippen LogP contribution in [0.5, 0.6) is 0 Å². The van der Waals surface area contributed by atoms with Crippen LogP contribution in [0.3, 0.4) is 0 Å². The second kappa shape index (κ2) is 6.32. The van der Waals surface area contributed by atoms with Crippen LogP contribution in [0.1, 0.15) is 12.8 Å². The van der Waals surface area contributed by atoms with Crippen molar-refractivity contribution in [1.82, 2.24) is 9.97 Å². The zero-order valence-electron chi connectivity index (χ0n) is 14.5. The zero-order valence-corrected chi connectivity index (χ0v) is 15.3. The van der Waals surface area contributed by atoms with Gasteiger partial charge in [-0.1, -0.05) is 18.2 Å². The summed E-state index contributed by atoms with van der Waals surface area (Å²) >= 11 is 1.72. The van der Waals surface area contributed by atoms with Crippen LogP contribution in [0.2, 0.25) is 0 Å². The lowest BCUT2D eigenvalue weighted by molar-refractivity contribution is -0.138. The van der Waals surface area contributed by atoms with Crippen molar-refractivity contribution in [1.29, 1.82) is 0 Å². The van der Waals surface area contributed by atoms with E-state index in [9.17, 15) is 9.90 Å². The number of carboxylic acids is 1. The molecule has 1 saturated heterocycles. The molecule has 0 amide bonds. The van der Waals surface area contributed by atoms with Gasteiger partial charge in [-0.2, -0.15) is 0 Å². The molecule has 0 radical (unpaired) electrons. The minimum atomic E-state index is -0.795. The van der Waals surface area contributed by atoms with Crippen LogP contribution >= 0.6 is 11.3 Å². The highest BCUT2D eigenvalue weighted by atomic mass is 32.1. The van der Waals surface area contributed by atoms with E-state index >= 15 is 0 Å². The molecule has 27 heavy (non-hydrogen) atoms. The second-order valence-corrected chi connectivity index (χ2v) is 7.71. The normalized spacial score (nSPS) is 17.0. The van der Waals surface area contributed by atoms with Crippen molar-refractivity contribution in [3.8, 4) is 11.1 Å². The van der Waals surface area contributed by atoms with E-state index in [1.807, 2.05) is 17.0 Å². The maximum Gasteiger partial charge on any atom is 0.326 e. The van der Waals surface area contributed by atoms with Crippen LogP contribution in [0, 0.1) is 0 Å². The lowest BCUT2D eigenvalue weighted by Gasteiger charge is -2.24. The first-order valence-electron chi connectivity index (χ1n) is 8.93. The number of nitrogens with zero attached hydrogens (tertiary/aromatic N) is 3. The Balaban J connectivity index is 1.75. The number of anilines is 1. The summed E-state index contributed by atoms with van der Waals surface area (Å²) in [5, 5.41) is 13.8. The molecule has 1 aliphatic heterocycles. The number of rotatable bonds is 3. The minimum Gasteiger partial charge on any atom is -0.480 e. The molecule has 6 heteroatoms. The summed E-state index contributed by atoms with van der Waals surface area (Å²) < 4.78 is 1.25. The SMILES string of the molecule is O=C(O)C1CCCN1c1ncnc2cccc(-c3ccc4sccc4c3)c12. The Labute approximate surface area is 159 Å². The van der Waals surface area contributed by atoms with E-state index in [2.05, 4.69) is 45.7 Å². The Bertz CT molecular complexity index is 1170. The molecule has 0 saturated carbocycles. The standard InChI is InChI=1S/C21H17N3O2S/c25-21(26)17-5-2-9-24(17)20-19-15(3-1-4-16(19)22-12-23-20)13-6-7-18-14(11-13)8-10-27-18/h1,3-4,6-8,10-12,17H,2,5,9H2,(H,25,26). The minimum absolute atomic E-state index is 0.532. The summed E-state index contributed by atoms with van der Waals surface area (Å²) in [5.74, 6) is -0.0812. The molecule has 134 valence electrons. The molecule has 0 spiro atoms. The average molecular weight is 375 g/mol. The van der Waals surface area contributed by atoms with Crippen LogP contribution in [-0.2, 0) is 4.79 Å². The Kier molecular flexibility index (Phi) is 3.79. The van der Waals surface area contributed by atoms with Crippen LogP contribution < -0.4 is 4.90 Å². The zero-order chi connectivity index (χ0) is 18.4. The Morgan fingerprint density at radius 1 is 1.19 bits per heavy atom. The molecular formula is C21H17N3O2S. The molecule has 0 bridgehead atoms. The van der Waals surface area contributed by atoms with Gasteiger partial charge in [0.25, 0.3) is 0 Å². The number of carbonyl (C=O) groups is 1. The highest BCUT2D eigenvalue weighted by Gasteiger charge is 2.33. The Morgan fingerprint density at radius 3 is 3.00 bits per heavy atom. The summed E-state index contributed by atoms with van der Waals surface area (Å²) in [7, 11) is 0. The highest BCUT2D eigenvalue weighted by Crippen LogP contribution is 2.37. The first kappa shape index (κ1) is 16.2. The van der Waals surface area contributed by atoms with E-state index in [0.717, 1.165) is 28.5 Å². The molecule has 2 aromatic carbocycles. The summed E-state index contributed by atoms with van der Waals surface area (Å²) in [6.45, 7) is 0.695. The average Bonchev–Trinajstić information content (AvgIpc) is 3.35. The predicted octanol–water partition coefficient (Wildman–Crippen LogP) is 4.56. The number of hydrogen-bond donors (Lipinski definition) is 1. The van der Waals surface area contributed by atoms with Crippen molar-refractivity contribution >= 4 is 44.1 Å². The van der Waals surface area contributed by atoms with Gasteiger partial charge in [0, 0.05) is 11.2 Å². The molecule has 1 unspecified atom stereocenters. The molecule has 1 N–H and O–H groups in total. The maximum absolute atomic E-state index is 11.7. The van der Waals surface area contributed by atoms with E-state index < -0.39 is 12.0 Å². The monoisotopic (exact) mass is 375 g/mol. The fraction of sp³-hybridized carbons (Fsp3) is 0.190. The number of thiophene rings is 1. The second-order valence-electron chi connectivity index (χ2n) is 6.76. The quantitative estimate of drug-likeness (QED) is 0.568. The van der Waals surface area contributed by atoms with Crippen LogP contribution in [0.4, 0.5) is 5.82 Å². The van der Waals surface area contributed by atoms with Gasteiger partial charge in [-0.15, -0.1) is 11.3 Å². The number of carboxylic acid groups (broad SMARTS) is 1. The molecule has 1 atom stereocenters. The van der Waals surface area contributed by atoms with E-state index in [0.29, 0.717) is 18.8 Å². The van der Waals surface area contributed by atoms with E-state index in [1.165, 1.54) is 16.4 Å². The molecule has 1 aliphatic rings. The number of aromatic nitrogens is 2. The number of aliphatic carboxylic acids is 1. The van der Waals surface area contributed by atoms with Crippen molar-refractivity contribution < 1.29 is 9.90 Å². The molecule has 2 aromatic heterocycles. The maximum atomic E-state index is 11.7. The van der Waals surface area contributed by atoms with Crippen molar-refractivity contribution in [2.45, 2.75) is 18.9 Å². The Morgan fingerprint density at radius 2 is 2.11 bits per heavy atom. The van der Waals surface area contributed by atoms with Crippen molar-refractivity contribution in [2.24, 2.45) is 0 Å². The highest BCUT2D eigenvalue weighted by molar-refractivity contribution is 7.17. The van der Waals surface area contributed by atoms with Crippen LogP contribution in [0.15, 0.2) is 54.2 Å². The number of fused-ring (bicyclic) bond motifs is 2. The third-order valence-electron chi connectivity index (χ3n) is 5.22. The first-order valence-corrected chi connectivity index (χ1v) is 9.81. The Hall–Kier alpha value is -2.99. The topological polar surface area (TPSA) is 66.3 Å². The molecule has 1 fully saturated rings. The lowest BCUT2D eigenvalue weighted by Crippen LogP contribution is -2.36. The van der Waals surface area contributed by atoms with Crippen LogP contribution in [-0.4, -0.2) is 33.6 Å². The summed E-state index contributed by atoms with van der Waals surface area (Å²) in [5.41, 5.74) is 2.96. The number of benzene rings is 2. The third kappa shape index (κ3) is 2.64. The molecule has 3 heterocycles. The fourth-order valence-electron chi connectivity index (χ4n) is 3.96. The van der Waals surface area contributed by atoms with Crippen molar-refractivity contribution in [3.63, 3.8) is 0 Å². The summed E-state index contributed by atoms with van der Waals surface area (Å²) in [6.07, 6.45) is 3.02. The van der Waals surface area contributed by atoms with E-state index in [-0.39, 0.29) is 0 Å². The molecule has 4 aromatic rings. The van der Waals surface area contributed by atoms with Crippen molar-refractivity contribution in [3.05, 3.63) is 54.2 Å². The van der Waals surface area contributed by atoms with Gasteiger partial charge < -0.3 is 10.0 Å². The van der Waals surface area contributed by atoms with Gasteiger partial charge in [-0.25, -0.2) is 14.8 Å². The molecule has 5 rings (SSSR count). The van der Waals surface area contributed by atoms with Gasteiger partial charge in [0.2, 0.25) is 0 Å². The van der Waals surface area contributed by atoms with E-state index in [1.54, 1.807) is 11.3 Å². The number of hydrogen-bond acceptors (Lipinski definition) is 5. The fourth-order valence-corrected chi connectivity index (χ4v) is 4.73. The van der Waals surface area contributed by atoms with Gasteiger partial charge in [-0.3, -0.25) is 0 Å². The summed E-state index contributed by atoms with van der Waals surface area (Å²) in [6, 6.07) is 14.0. The summed E-state index contributed by atoms with van der Waals surface area (Å²) in [4.78, 5) is 22.6.